The molecule has 0 aliphatic carbocycles. The fourth-order valence-corrected chi connectivity index (χ4v) is 4.92. The van der Waals surface area contributed by atoms with Crippen LogP contribution in [0.2, 0.25) is 0 Å². The fraction of sp³-hybridized carbons (Fsp3) is 0.130. The third kappa shape index (κ3) is 6.21. The molecule has 3 N–H and O–H groups in total. The van der Waals surface area contributed by atoms with Gasteiger partial charge in [-0.3, -0.25) is 9.52 Å². The number of benzene rings is 2. The lowest BCUT2D eigenvalue weighted by atomic mass is 10.2. The molecule has 4 rings (SSSR count). The second-order valence-corrected chi connectivity index (χ2v) is 9.72. The highest BCUT2D eigenvalue weighted by Crippen LogP contribution is 2.23. The van der Waals surface area contributed by atoms with E-state index >= 15 is 0 Å². The number of hydrogen-bond acceptors (Lipinski definition) is 6. The van der Waals surface area contributed by atoms with Crippen LogP contribution in [0.4, 0.5) is 11.4 Å². The number of para-hydroxylation sites is 1. The molecular formula is C23H23N5O3S2. The summed E-state index contributed by atoms with van der Waals surface area (Å²) in [6.45, 7) is 1.45. The first-order chi connectivity index (χ1) is 16.0. The molecule has 2 aromatic heterocycles. The lowest BCUT2D eigenvalue weighted by Crippen LogP contribution is -2.27. The van der Waals surface area contributed by atoms with Gasteiger partial charge in [-0.2, -0.15) is 11.3 Å². The van der Waals surface area contributed by atoms with Gasteiger partial charge in [0.05, 0.1) is 11.2 Å². The molecular weight excluding hydrogens is 458 g/mol. The molecule has 4 aromatic rings. The molecule has 0 saturated heterocycles. The first-order valence-corrected chi connectivity index (χ1v) is 12.6. The lowest BCUT2D eigenvalue weighted by Gasteiger charge is -2.13. The number of thiophene rings is 1. The number of nitrogens with zero attached hydrogens (tertiary/aromatic N) is 2. The van der Waals surface area contributed by atoms with Gasteiger partial charge < -0.3 is 15.2 Å². The van der Waals surface area contributed by atoms with Crippen LogP contribution in [0.15, 0.2) is 89.0 Å². The Kier molecular flexibility index (Phi) is 7.06. The average molecular weight is 482 g/mol. The van der Waals surface area contributed by atoms with E-state index in [1.165, 1.54) is 12.1 Å². The van der Waals surface area contributed by atoms with Crippen LogP contribution in [0.25, 0.3) is 0 Å². The van der Waals surface area contributed by atoms with E-state index in [0.717, 1.165) is 5.56 Å². The second-order valence-electron chi connectivity index (χ2n) is 7.26. The Bertz CT molecular complexity index is 1290. The summed E-state index contributed by atoms with van der Waals surface area (Å²) in [6, 6.07) is 15.2. The highest BCUT2D eigenvalue weighted by molar-refractivity contribution is 7.92. The number of amides is 1. The summed E-state index contributed by atoms with van der Waals surface area (Å²) in [4.78, 5) is 16.8. The Balaban J connectivity index is 1.56. The van der Waals surface area contributed by atoms with E-state index in [1.807, 2.05) is 21.4 Å². The zero-order valence-corrected chi connectivity index (χ0v) is 19.3. The standard InChI is InChI=1S/C23H23N5O3S2/c29-23(25-8-10-28-9-7-24-17-28)19-12-21(26-15-18-6-11-32-16-18)14-22(13-19)33(30,31)27-20-4-2-1-3-5-20/h1-7,9,11-14,16-17,26-27H,8,10,15H2,(H,25,29). The largest absolute Gasteiger partial charge is 0.381 e. The van der Waals surface area contributed by atoms with Crippen molar-refractivity contribution in [3.63, 3.8) is 0 Å². The molecule has 10 heteroatoms. The second kappa shape index (κ2) is 10.3. The molecule has 2 heterocycles. The normalized spacial score (nSPS) is 11.2. The third-order valence-corrected chi connectivity index (χ3v) is 6.89. The predicted octanol–water partition coefficient (Wildman–Crippen LogP) is 3.79. The van der Waals surface area contributed by atoms with Gasteiger partial charge in [-0.1, -0.05) is 18.2 Å². The summed E-state index contributed by atoms with van der Waals surface area (Å²) >= 11 is 1.58. The number of carbonyl (C=O) groups is 1. The van der Waals surface area contributed by atoms with E-state index in [2.05, 4.69) is 20.3 Å². The van der Waals surface area contributed by atoms with E-state index < -0.39 is 10.0 Å². The number of imidazole rings is 1. The Labute approximate surface area is 196 Å². The Morgan fingerprint density at radius 1 is 1.06 bits per heavy atom. The van der Waals surface area contributed by atoms with Gasteiger partial charge in [-0.25, -0.2) is 13.4 Å². The molecule has 33 heavy (non-hydrogen) atoms. The Morgan fingerprint density at radius 2 is 1.91 bits per heavy atom. The van der Waals surface area contributed by atoms with E-state index in [1.54, 1.807) is 66.5 Å². The number of carbonyl (C=O) groups excluding carboxylic acids is 1. The van der Waals surface area contributed by atoms with Crippen LogP contribution in [-0.4, -0.2) is 30.4 Å². The SMILES string of the molecule is O=C(NCCn1ccnc1)c1cc(NCc2ccsc2)cc(S(=O)(=O)Nc2ccccc2)c1. The van der Waals surface area contributed by atoms with Crippen molar-refractivity contribution >= 4 is 38.6 Å². The van der Waals surface area contributed by atoms with Gasteiger partial charge in [0.2, 0.25) is 0 Å². The molecule has 0 atom stereocenters. The molecule has 0 bridgehead atoms. The molecule has 0 saturated carbocycles. The molecule has 0 spiro atoms. The first-order valence-electron chi connectivity index (χ1n) is 10.2. The van der Waals surface area contributed by atoms with Crippen molar-refractivity contribution in [1.29, 1.82) is 0 Å². The van der Waals surface area contributed by atoms with Crippen LogP contribution >= 0.6 is 11.3 Å². The summed E-state index contributed by atoms with van der Waals surface area (Å²) in [5.74, 6) is -0.356. The van der Waals surface area contributed by atoms with E-state index in [9.17, 15) is 13.2 Å². The van der Waals surface area contributed by atoms with Gasteiger partial charge in [0, 0.05) is 49.0 Å². The average Bonchev–Trinajstić information content (AvgIpc) is 3.52. The van der Waals surface area contributed by atoms with Gasteiger partial charge in [0.1, 0.15) is 0 Å². The molecule has 8 nitrogen and oxygen atoms in total. The Hall–Kier alpha value is -3.63. The molecule has 0 aliphatic rings. The summed E-state index contributed by atoms with van der Waals surface area (Å²) in [5, 5.41) is 10.0. The summed E-state index contributed by atoms with van der Waals surface area (Å²) in [7, 11) is -3.90. The van der Waals surface area contributed by atoms with E-state index in [-0.39, 0.29) is 16.4 Å². The molecule has 0 fully saturated rings. The quantitative estimate of drug-likeness (QED) is 0.320. The maximum Gasteiger partial charge on any atom is 0.261 e. The highest BCUT2D eigenvalue weighted by atomic mass is 32.2. The topological polar surface area (TPSA) is 105 Å². The van der Waals surface area contributed by atoms with Crippen LogP contribution in [0.1, 0.15) is 15.9 Å². The molecule has 0 aliphatic heterocycles. The lowest BCUT2D eigenvalue weighted by molar-refractivity contribution is 0.0952. The number of nitrogens with one attached hydrogen (secondary N) is 3. The zero-order valence-electron chi connectivity index (χ0n) is 17.6. The van der Waals surface area contributed by atoms with E-state index in [0.29, 0.717) is 31.0 Å². The van der Waals surface area contributed by atoms with Crippen molar-refractivity contribution in [2.75, 3.05) is 16.6 Å². The maximum absolute atomic E-state index is 13.1. The van der Waals surface area contributed by atoms with Gasteiger partial charge in [-0.05, 0) is 52.7 Å². The van der Waals surface area contributed by atoms with Gasteiger partial charge in [-0.15, -0.1) is 0 Å². The first kappa shape index (κ1) is 22.6. The van der Waals surface area contributed by atoms with Crippen molar-refractivity contribution in [1.82, 2.24) is 14.9 Å². The van der Waals surface area contributed by atoms with Crippen LogP contribution in [0.5, 0.6) is 0 Å². The number of anilines is 2. The fourth-order valence-electron chi connectivity index (χ4n) is 3.12. The zero-order chi connectivity index (χ0) is 23.1. The molecule has 0 radical (unpaired) electrons. The van der Waals surface area contributed by atoms with Crippen molar-refractivity contribution < 1.29 is 13.2 Å². The Morgan fingerprint density at radius 3 is 2.64 bits per heavy atom. The monoisotopic (exact) mass is 481 g/mol. The minimum absolute atomic E-state index is 0.00133. The van der Waals surface area contributed by atoms with Crippen LogP contribution < -0.4 is 15.4 Å². The molecule has 0 unspecified atom stereocenters. The molecule has 1 amide bonds. The smallest absolute Gasteiger partial charge is 0.261 e. The van der Waals surface area contributed by atoms with Gasteiger partial charge in [0.15, 0.2) is 0 Å². The number of rotatable bonds is 10. The maximum atomic E-state index is 13.1. The predicted molar refractivity (Wildman–Crippen MR) is 130 cm³/mol. The van der Waals surface area contributed by atoms with Crippen molar-refractivity contribution in [3.8, 4) is 0 Å². The number of hydrogen-bond donors (Lipinski definition) is 3. The minimum atomic E-state index is -3.90. The highest BCUT2D eigenvalue weighted by Gasteiger charge is 2.18. The van der Waals surface area contributed by atoms with Crippen LogP contribution in [-0.2, 0) is 23.1 Å². The summed E-state index contributed by atoms with van der Waals surface area (Å²) < 4.78 is 30.5. The van der Waals surface area contributed by atoms with Crippen molar-refractivity contribution in [2.45, 2.75) is 18.0 Å². The molecule has 170 valence electrons. The summed E-state index contributed by atoms with van der Waals surface area (Å²) in [6.07, 6.45) is 5.14. The minimum Gasteiger partial charge on any atom is -0.381 e. The van der Waals surface area contributed by atoms with Crippen molar-refractivity contribution in [2.24, 2.45) is 0 Å². The summed E-state index contributed by atoms with van der Waals surface area (Å²) in [5.41, 5.74) is 2.31. The van der Waals surface area contributed by atoms with E-state index in [4.69, 9.17) is 0 Å². The van der Waals surface area contributed by atoms with Gasteiger partial charge >= 0.3 is 0 Å². The van der Waals surface area contributed by atoms with Crippen molar-refractivity contribution in [3.05, 3.63) is 95.2 Å². The van der Waals surface area contributed by atoms with Crippen LogP contribution in [0.3, 0.4) is 0 Å². The third-order valence-electron chi connectivity index (χ3n) is 4.80. The number of sulfonamides is 1. The molecule has 2 aromatic carbocycles. The van der Waals surface area contributed by atoms with Crippen LogP contribution in [0, 0.1) is 0 Å². The number of aromatic nitrogens is 2. The van der Waals surface area contributed by atoms with Gasteiger partial charge in [0.25, 0.3) is 15.9 Å².